The highest BCUT2D eigenvalue weighted by Crippen LogP contribution is 2.37. The van der Waals surface area contributed by atoms with E-state index in [0.29, 0.717) is 34.5 Å². The maximum Gasteiger partial charge on any atom is 0.363 e. The Balaban J connectivity index is 1.59. The van der Waals surface area contributed by atoms with Crippen molar-refractivity contribution >= 4 is 29.5 Å². The lowest BCUT2D eigenvalue weighted by Crippen LogP contribution is -2.04. The van der Waals surface area contributed by atoms with Crippen molar-refractivity contribution < 1.29 is 23.4 Å². The number of furan rings is 1. The molecule has 3 aromatic rings. The minimum Gasteiger partial charge on any atom is -0.493 e. The van der Waals surface area contributed by atoms with Crippen molar-refractivity contribution in [1.82, 2.24) is 0 Å². The predicted octanol–water partition coefficient (Wildman–Crippen LogP) is 4.87. The molecule has 6 nitrogen and oxygen atoms in total. The molecule has 0 saturated carbocycles. The summed E-state index contributed by atoms with van der Waals surface area (Å²) in [5.41, 5.74) is 1.76. The van der Waals surface area contributed by atoms with Crippen LogP contribution in [0.1, 0.15) is 16.9 Å². The zero-order valence-corrected chi connectivity index (χ0v) is 16.2. The topological polar surface area (TPSA) is 70.3 Å². The van der Waals surface area contributed by atoms with Crippen molar-refractivity contribution in [2.24, 2.45) is 4.99 Å². The second-order valence-corrected chi connectivity index (χ2v) is 6.53. The summed E-state index contributed by atoms with van der Waals surface area (Å²) in [6.45, 7) is 0.348. The molecule has 0 unspecified atom stereocenters. The third-order valence-corrected chi connectivity index (χ3v) is 4.41. The molecule has 0 aliphatic carbocycles. The number of esters is 1. The average molecular weight is 410 g/mol. The maximum absolute atomic E-state index is 12.1. The van der Waals surface area contributed by atoms with Gasteiger partial charge in [-0.2, -0.15) is 0 Å². The fraction of sp³-hybridized carbons (Fsp3) is 0.0909. The number of hydrogen-bond donors (Lipinski definition) is 0. The Labute approximate surface area is 172 Å². The van der Waals surface area contributed by atoms with Gasteiger partial charge in [-0.15, -0.1) is 0 Å². The zero-order chi connectivity index (χ0) is 20.2. The quantitative estimate of drug-likeness (QED) is 0.429. The summed E-state index contributed by atoms with van der Waals surface area (Å²) < 4.78 is 21.6. The van der Waals surface area contributed by atoms with Gasteiger partial charge in [0.05, 0.1) is 18.4 Å². The van der Waals surface area contributed by atoms with Gasteiger partial charge in [-0.1, -0.05) is 41.9 Å². The first-order chi connectivity index (χ1) is 14.1. The van der Waals surface area contributed by atoms with Crippen molar-refractivity contribution in [2.45, 2.75) is 6.61 Å². The van der Waals surface area contributed by atoms with E-state index in [2.05, 4.69) is 4.99 Å². The van der Waals surface area contributed by atoms with E-state index in [1.165, 1.54) is 13.4 Å². The third kappa shape index (κ3) is 4.17. The van der Waals surface area contributed by atoms with Crippen molar-refractivity contribution in [3.05, 3.63) is 88.5 Å². The zero-order valence-electron chi connectivity index (χ0n) is 15.4. The molecule has 2 aromatic carbocycles. The Morgan fingerprint density at radius 2 is 1.97 bits per heavy atom. The predicted molar refractivity (Wildman–Crippen MR) is 108 cm³/mol. The number of hydrogen-bond acceptors (Lipinski definition) is 6. The van der Waals surface area contributed by atoms with Crippen LogP contribution in [0.5, 0.6) is 11.5 Å². The Bertz CT molecular complexity index is 1090. The summed E-state index contributed by atoms with van der Waals surface area (Å²) in [7, 11) is 1.52. The number of nitrogens with zero attached hydrogens (tertiary/aromatic N) is 1. The van der Waals surface area contributed by atoms with Crippen LogP contribution >= 0.6 is 11.6 Å². The molecule has 0 amide bonds. The van der Waals surface area contributed by atoms with E-state index in [4.69, 9.17) is 30.2 Å². The molecule has 0 radical (unpaired) electrons. The normalized spacial score (nSPS) is 14.6. The number of carbonyl (C=O) groups excluding carboxylic acids is 1. The van der Waals surface area contributed by atoms with Gasteiger partial charge in [0, 0.05) is 0 Å². The fourth-order valence-corrected chi connectivity index (χ4v) is 3.04. The second kappa shape index (κ2) is 8.24. The highest BCUT2D eigenvalue weighted by molar-refractivity contribution is 6.32. The van der Waals surface area contributed by atoms with E-state index in [0.717, 1.165) is 5.56 Å². The van der Waals surface area contributed by atoms with Gasteiger partial charge < -0.3 is 18.6 Å². The minimum absolute atomic E-state index is 0.118. The van der Waals surface area contributed by atoms with Crippen molar-refractivity contribution in [2.75, 3.05) is 7.11 Å². The molecule has 0 saturated heterocycles. The number of carbonyl (C=O) groups is 1. The van der Waals surface area contributed by atoms with E-state index < -0.39 is 5.97 Å². The van der Waals surface area contributed by atoms with Crippen LogP contribution in [0.3, 0.4) is 0 Å². The summed E-state index contributed by atoms with van der Waals surface area (Å²) >= 11 is 6.41. The Morgan fingerprint density at radius 1 is 1.14 bits per heavy atom. The number of cyclic esters (lactones) is 1. The molecule has 7 heteroatoms. The highest BCUT2D eigenvalue weighted by Gasteiger charge is 2.26. The van der Waals surface area contributed by atoms with Gasteiger partial charge in [-0.3, -0.25) is 0 Å². The van der Waals surface area contributed by atoms with Crippen molar-refractivity contribution in [3.63, 3.8) is 0 Å². The van der Waals surface area contributed by atoms with Gasteiger partial charge in [-0.05, 0) is 41.5 Å². The number of halogens is 1. The van der Waals surface area contributed by atoms with Crippen LogP contribution < -0.4 is 9.47 Å². The van der Waals surface area contributed by atoms with Crippen LogP contribution in [-0.2, 0) is 16.1 Å². The van der Waals surface area contributed by atoms with Gasteiger partial charge in [0.15, 0.2) is 23.0 Å². The van der Waals surface area contributed by atoms with Crippen LogP contribution in [0.4, 0.5) is 0 Å². The van der Waals surface area contributed by atoms with Crippen LogP contribution in [-0.4, -0.2) is 19.0 Å². The van der Waals surface area contributed by atoms with E-state index in [9.17, 15) is 4.79 Å². The summed E-state index contributed by atoms with van der Waals surface area (Å²) in [6.07, 6.45) is 3.04. The Kier molecular flexibility index (Phi) is 5.35. The number of methoxy groups -OCH3 is 1. The number of ether oxygens (including phenoxy) is 3. The maximum atomic E-state index is 12.1. The molecule has 4 rings (SSSR count). The van der Waals surface area contributed by atoms with E-state index in [-0.39, 0.29) is 11.6 Å². The second-order valence-electron chi connectivity index (χ2n) is 6.12. The van der Waals surface area contributed by atoms with Crippen LogP contribution in [0.15, 0.2) is 76.0 Å². The molecule has 0 N–H and O–H groups in total. The lowest BCUT2D eigenvalue weighted by atomic mass is 10.1. The lowest BCUT2D eigenvalue weighted by Gasteiger charge is -2.13. The Hall–Kier alpha value is -3.51. The van der Waals surface area contributed by atoms with E-state index in [1.54, 1.807) is 30.3 Å². The van der Waals surface area contributed by atoms with Crippen molar-refractivity contribution in [1.29, 1.82) is 0 Å². The molecule has 0 fully saturated rings. The SMILES string of the molecule is COc1cc(C=C2N=C(c3ccco3)OC2=O)cc(Cl)c1OCc1ccccc1. The van der Waals surface area contributed by atoms with Gasteiger partial charge in [-0.25, -0.2) is 9.79 Å². The largest absolute Gasteiger partial charge is 0.493 e. The molecular weight excluding hydrogens is 394 g/mol. The first kappa shape index (κ1) is 18.8. The average Bonchev–Trinajstić information content (AvgIpc) is 3.38. The fourth-order valence-electron chi connectivity index (χ4n) is 2.77. The van der Waals surface area contributed by atoms with Crippen LogP contribution in [0, 0.1) is 0 Å². The number of aliphatic imine (C=N–C) groups is 1. The first-order valence-electron chi connectivity index (χ1n) is 8.75. The van der Waals surface area contributed by atoms with Gasteiger partial charge >= 0.3 is 5.97 Å². The Morgan fingerprint density at radius 3 is 2.69 bits per heavy atom. The molecule has 1 aromatic heterocycles. The molecule has 0 atom stereocenters. The highest BCUT2D eigenvalue weighted by atomic mass is 35.5. The summed E-state index contributed by atoms with van der Waals surface area (Å²) in [5, 5.41) is 0.355. The lowest BCUT2D eigenvalue weighted by molar-refractivity contribution is -0.130. The molecule has 1 aliphatic heterocycles. The van der Waals surface area contributed by atoms with E-state index >= 15 is 0 Å². The van der Waals surface area contributed by atoms with Gasteiger partial charge in [0.2, 0.25) is 0 Å². The van der Waals surface area contributed by atoms with E-state index in [1.807, 2.05) is 30.3 Å². The van der Waals surface area contributed by atoms with Crippen LogP contribution in [0.2, 0.25) is 5.02 Å². The molecular formula is C22H16ClNO5. The van der Waals surface area contributed by atoms with Crippen LogP contribution in [0.25, 0.3) is 6.08 Å². The monoisotopic (exact) mass is 409 g/mol. The van der Waals surface area contributed by atoms with Crippen molar-refractivity contribution in [3.8, 4) is 11.5 Å². The molecule has 2 heterocycles. The smallest absolute Gasteiger partial charge is 0.363 e. The molecule has 1 aliphatic rings. The minimum atomic E-state index is -0.573. The molecule has 29 heavy (non-hydrogen) atoms. The van der Waals surface area contributed by atoms with Gasteiger partial charge in [0.25, 0.3) is 5.90 Å². The molecule has 0 spiro atoms. The molecule has 146 valence electrons. The summed E-state index contributed by atoms with van der Waals surface area (Å²) in [6, 6.07) is 16.5. The molecule has 0 bridgehead atoms. The number of rotatable bonds is 6. The third-order valence-electron chi connectivity index (χ3n) is 4.13. The standard InChI is InChI=1S/C22H16ClNO5/c1-26-19-12-15(10-16(23)20(19)28-13-14-6-3-2-4-7-14)11-17-22(25)29-21(24-17)18-8-5-9-27-18/h2-12H,13H2,1H3. The summed E-state index contributed by atoms with van der Waals surface area (Å²) in [4.78, 5) is 16.3. The van der Waals surface area contributed by atoms with Gasteiger partial charge in [0.1, 0.15) is 6.61 Å². The number of benzene rings is 2. The summed E-state index contributed by atoms with van der Waals surface area (Å²) in [5.74, 6) is 0.792. The first-order valence-corrected chi connectivity index (χ1v) is 9.12.